The number of rotatable bonds is 5. The maximum atomic E-state index is 12.9. The van der Waals surface area contributed by atoms with Crippen LogP contribution in [0.3, 0.4) is 0 Å². The van der Waals surface area contributed by atoms with E-state index in [1.165, 1.54) is 0 Å². The van der Waals surface area contributed by atoms with Crippen LogP contribution < -0.4 is 10.6 Å². The summed E-state index contributed by atoms with van der Waals surface area (Å²) in [5.41, 5.74) is 0.713. The number of para-hydroxylation sites is 1. The van der Waals surface area contributed by atoms with Crippen LogP contribution in [0.2, 0.25) is 0 Å². The van der Waals surface area contributed by atoms with Gasteiger partial charge in [-0.15, -0.1) is 0 Å². The second kappa shape index (κ2) is 8.16. The molecule has 0 aliphatic carbocycles. The molecule has 2 N–H and O–H groups in total. The third kappa shape index (κ3) is 4.50. The highest BCUT2D eigenvalue weighted by atomic mass is 32.2. The van der Waals surface area contributed by atoms with Crippen LogP contribution in [0.1, 0.15) is 32.1 Å². The van der Waals surface area contributed by atoms with Crippen molar-refractivity contribution >= 4 is 21.9 Å². The van der Waals surface area contributed by atoms with Gasteiger partial charge < -0.3 is 10.6 Å². The molecule has 1 aromatic carbocycles. The van der Waals surface area contributed by atoms with Crippen molar-refractivity contribution in [2.45, 2.75) is 38.1 Å². The molecule has 25 heavy (non-hydrogen) atoms. The highest BCUT2D eigenvalue weighted by Crippen LogP contribution is 2.24. The van der Waals surface area contributed by atoms with E-state index in [9.17, 15) is 13.2 Å². The molecular weight excluding hydrogens is 340 g/mol. The number of nitrogens with zero attached hydrogens (tertiary/aromatic N) is 2. The maximum Gasteiger partial charge on any atom is 0.319 e. The fourth-order valence-corrected chi connectivity index (χ4v) is 5.39. The summed E-state index contributed by atoms with van der Waals surface area (Å²) in [7, 11) is -3.42. The average Bonchev–Trinajstić information content (AvgIpc) is 3.17. The number of amides is 2. The topological polar surface area (TPSA) is 81.8 Å². The molecule has 2 saturated heterocycles. The zero-order valence-electron chi connectivity index (χ0n) is 14.4. The first-order chi connectivity index (χ1) is 12.1. The van der Waals surface area contributed by atoms with Gasteiger partial charge in [-0.1, -0.05) is 24.6 Å². The zero-order valence-corrected chi connectivity index (χ0v) is 15.2. The molecule has 1 aromatic rings. The summed E-state index contributed by atoms with van der Waals surface area (Å²) in [6, 6.07) is 8.71. The second-order valence-corrected chi connectivity index (χ2v) is 8.46. The summed E-state index contributed by atoms with van der Waals surface area (Å²) in [6.45, 7) is 2.07. The first-order valence-corrected chi connectivity index (χ1v) is 10.3. The molecule has 0 bridgehead atoms. The van der Waals surface area contributed by atoms with E-state index in [4.69, 9.17) is 0 Å². The van der Waals surface area contributed by atoms with Gasteiger partial charge in [0.25, 0.3) is 10.2 Å². The quantitative estimate of drug-likeness (QED) is 0.836. The fourth-order valence-electron chi connectivity index (χ4n) is 3.46. The van der Waals surface area contributed by atoms with Crippen LogP contribution in [0.4, 0.5) is 10.5 Å². The lowest BCUT2D eigenvalue weighted by Gasteiger charge is -2.37. The third-order valence-electron chi connectivity index (χ3n) is 4.79. The Kier molecular flexibility index (Phi) is 5.93. The monoisotopic (exact) mass is 366 g/mol. The number of urea groups is 1. The standard InChI is InChI=1S/C17H26N4O3S/c22-17(19-15-8-2-1-3-9-15)18-14-16-10-4-5-13-21(16)25(23,24)20-11-6-7-12-20/h1-3,8-9,16H,4-7,10-14H2,(H2,18,19,22). The number of piperidine rings is 1. The van der Waals surface area contributed by atoms with Gasteiger partial charge in [-0.2, -0.15) is 17.0 Å². The Morgan fingerprint density at radius 3 is 2.44 bits per heavy atom. The molecule has 2 aliphatic heterocycles. The minimum absolute atomic E-state index is 0.180. The Balaban J connectivity index is 1.58. The number of hydrogen-bond donors (Lipinski definition) is 2. The minimum atomic E-state index is -3.42. The molecule has 3 rings (SSSR count). The predicted octanol–water partition coefficient (Wildman–Crippen LogP) is 2.00. The SMILES string of the molecule is O=C(NCC1CCCCN1S(=O)(=O)N1CCCC1)Nc1ccccc1. The van der Waals surface area contributed by atoms with Gasteiger partial charge >= 0.3 is 6.03 Å². The van der Waals surface area contributed by atoms with Gasteiger partial charge in [0.2, 0.25) is 0 Å². The van der Waals surface area contributed by atoms with Crippen molar-refractivity contribution in [1.82, 2.24) is 13.9 Å². The molecule has 0 radical (unpaired) electrons. The molecule has 2 fully saturated rings. The summed E-state index contributed by atoms with van der Waals surface area (Å²) in [5, 5.41) is 5.58. The van der Waals surface area contributed by atoms with Crippen LogP contribution >= 0.6 is 0 Å². The number of anilines is 1. The van der Waals surface area contributed by atoms with Gasteiger partial charge in [-0.25, -0.2) is 4.79 Å². The second-order valence-electron chi connectivity index (χ2n) is 6.58. The van der Waals surface area contributed by atoms with E-state index in [1.807, 2.05) is 30.3 Å². The first-order valence-electron chi connectivity index (χ1n) is 8.94. The molecule has 8 heteroatoms. The van der Waals surface area contributed by atoms with Crippen molar-refractivity contribution in [3.63, 3.8) is 0 Å². The molecule has 7 nitrogen and oxygen atoms in total. The van der Waals surface area contributed by atoms with Gasteiger partial charge in [0.15, 0.2) is 0 Å². The van der Waals surface area contributed by atoms with Crippen LogP contribution in [-0.4, -0.2) is 55.3 Å². The van der Waals surface area contributed by atoms with E-state index in [0.717, 1.165) is 32.1 Å². The summed E-state index contributed by atoms with van der Waals surface area (Å²) in [6.07, 6.45) is 4.49. The average molecular weight is 366 g/mol. The lowest BCUT2D eigenvalue weighted by atomic mass is 10.1. The van der Waals surface area contributed by atoms with Gasteiger partial charge in [-0.05, 0) is 37.8 Å². The third-order valence-corrected chi connectivity index (χ3v) is 6.88. The molecule has 2 amide bonds. The van der Waals surface area contributed by atoms with E-state index in [2.05, 4.69) is 10.6 Å². The van der Waals surface area contributed by atoms with Crippen molar-refractivity contribution in [2.75, 3.05) is 31.5 Å². The first kappa shape index (κ1) is 18.2. The van der Waals surface area contributed by atoms with Gasteiger partial charge in [-0.3, -0.25) is 0 Å². The maximum absolute atomic E-state index is 12.9. The smallest absolute Gasteiger partial charge is 0.319 e. The number of carbonyl (C=O) groups excluding carboxylic acids is 1. The van der Waals surface area contributed by atoms with Crippen molar-refractivity contribution in [3.8, 4) is 0 Å². The summed E-state index contributed by atoms with van der Waals surface area (Å²) in [5.74, 6) is 0. The summed E-state index contributed by atoms with van der Waals surface area (Å²) >= 11 is 0. The Labute approximate surface area is 149 Å². The molecular formula is C17H26N4O3S. The van der Waals surface area contributed by atoms with Crippen LogP contribution in [0.25, 0.3) is 0 Å². The van der Waals surface area contributed by atoms with Gasteiger partial charge in [0, 0.05) is 37.9 Å². The van der Waals surface area contributed by atoms with Crippen molar-refractivity contribution in [3.05, 3.63) is 30.3 Å². The van der Waals surface area contributed by atoms with Crippen LogP contribution in [0, 0.1) is 0 Å². The normalized spacial score (nSPS) is 22.6. The lowest BCUT2D eigenvalue weighted by Crippen LogP contribution is -2.53. The Morgan fingerprint density at radius 1 is 1.04 bits per heavy atom. The zero-order chi connectivity index (χ0) is 17.7. The fraction of sp³-hybridized carbons (Fsp3) is 0.588. The highest BCUT2D eigenvalue weighted by Gasteiger charge is 2.37. The van der Waals surface area contributed by atoms with E-state index < -0.39 is 10.2 Å². The number of benzene rings is 1. The van der Waals surface area contributed by atoms with Gasteiger partial charge in [0.1, 0.15) is 0 Å². The predicted molar refractivity (Wildman–Crippen MR) is 97.5 cm³/mol. The molecule has 0 spiro atoms. The molecule has 138 valence electrons. The van der Waals surface area contributed by atoms with E-state index in [0.29, 0.717) is 31.9 Å². The molecule has 0 saturated carbocycles. The molecule has 2 aliphatic rings. The summed E-state index contributed by atoms with van der Waals surface area (Å²) in [4.78, 5) is 12.1. The molecule has 2 heterocycles. The Morgan fingerprint density at radius 2 is 1.72 bits per heavy atom. The minimum Gasteiger partial charge on any atom is -0.336 e. The van der Waals surface area contributed by atoms with Crippen LogP contribution in [0.15, 0.2) is 30.3 Å². The highest BCUT2D eigenvalue weighted by molar-refractivity contribution is 7.86. The number of hydrogen-bond acceptors (Lipinski definition) is 3. The van der Waals surface area contributed by atoms with Crippen molar-refractivity contribution in [1.29, 1.82) is 0 Å². The Bertz CT molecular complexity index is 674. The molecule has 0 aromatic heterocycles. The van der Waals surface area contributed by atoms with Crippen LogP contribution in [-0.2, 0) is 10.2 Å². The molecule has 1 atom stereocenters. The summed E-state index contributed by atoms with van der Waals surface area (Å²) < 4.78 is 28.9. The van der Waals surface area contributed by atoms with Crippen LogP contribution in [0.5, 0.6) is 0 Å². The molecule has 1 unspecified atom stereocenters. The number of carbonyl (C=O) groups is 1. The van der Waals surface area contributed by atoms with E-state index >= 15 is 0 Å². The lowest BCUT2D eigenvalue weighted by molar-refractivity contribution is 0.223. The Hall–Kier alpha value is -1.64. The van der Waals surface area contributed by atoms with Gasteiger partial charge in [0.05, 0.1) is 0 Å². The van der Waals surface area contributed by atoms with E-state index in [1.54, 1.807) is 8.61 Å². The van der Waals surface area contributed by atoms with Crippen molar-refractivity contribution < 1.29 is 13.2 Å². The number of nitrogens with one attached hydrogen (secondary N) is 2. The van der Waals surface area contributed by atoms with E-state index in [-0.39, 0.29) is 12.1 Å². The largest absolute Gasteiger partial charge is 0.336 e. The van der Waals surface area contributed by atoms with Crippen molar-refractivity contribution in [2.24, 2.45) is 0 Å².